The number of phosphoric ester groups is 2. The summed E-state index contributed by atoms with van der Waals surface area (Å²) in [6, 6.07) is 0. The second kappa shape index (κ2) is 58.1. The quantitative estimate of drug-likeness (QED) is 0.0501. The van der Waals surface area contributed by atoms with Gasteiger partial charge < -0.3 is 47.0 Å². The van der Waals surface area contributed by atoms with Crippen molar-refractivity contribution in [1.29, 1.82) is 0 Å². The molecule has 0 aliphatic rings. The fourth-order valence-electron chi connectivity index (χ4n) is 6.04. The predicted octanol–water partition coefficient (Wildman–Crippen LogP) is 2.14. The van der Waals surface area contributed by atoms with Gasteiger partial charge in [-0.3, -0.25) is 4.57 Å². The maximum absolute atomic E-state index is 11.7. The summed E-state index contributed by atoms with van der Waals surface area (Å²) >= 11 is 0. The molecule has 0 amide bonds. The molecule has 16 heteroatoms. The first-order valence-electron chi connectivity index (χ1n) is 22.7. The second-order valence-corrected chi connectivity index (χ2v) is 17.3. The van der Waals surface area contributed by atoms with Crippen molar-refractivity contribution in [3.05, 3.63) is 0 Å². The summed E-state index contributed by atoms with van der Waals surface area (Å²) in [6.07, 6.45) is 38.3. The number of rotatable bonds is 45. The van der Waals surface area contributed by atoms with Gasteiger partial charge in [-0.25, -0.2) is 0 Å². The Morgan fingerprint density at radius 3 is 0.724 bits per heavy atom. The Kier molecular flexibility index (Phi) is 70.3. The van der Waals surface area contributed by atoms with Crippen LogP contribution in [0.1, 0.15) is 213 Å². The molecule has 0 saturated carbocycles. The molecule has 334 valence electrons. The van der Waals surface area contributed by atoms with Gasteiger partial charge in [-0.05, 0) is 19.3 Å². The molecule has 0 atom stereocenters. The smallest absolute Gasteiger partial charge is 0.790 e. The van der Waals surface area contributed by atoms with Crippen molar-refractivity contribution in [2.75, 3.05) is 59.5 Å². The van der Waals surface area contributed by atoms with Crippen LogP contribution in [0.25, 0.3) is 0 Å². The van der Waals surface area contributed by atoms with Gasteiger partial charge in [0.2, 0.25) is 0 Å². The van der Waals surface area contributed by atoms with Gasteiger partial charge in [0.25, 0.3) is 7.82 Å². The van der Waals surface area contributed by atoms with E-state index < -0.39 is 15.6 Å². The minimum absolute atomic E-state index is 0. The molecule has 11 nitrogen and oxygen atoms in total. The number of ether oxygens (including phenoxy) is 3. The number of hydrogen-bond acceptors (Lipinski definition) is 11. The van der Waals surface area contributed by atoms with E-state index in [2.05, 4.69) is 25.3 Å². The summed E-state index contributed by atoms with van der Waals surface area (Å²) < 4.78 is 51.7. The SMILES string of the molecule is CCCCCCCCCCCCOCCOP(=O)([O-])OCCOCCCCCCCCCCCC.CCCCCCCCCCCCOCCOP(=O)([O-])[O-].[Na+].[Na+].[Na+]. The van der Waals surface area contributed by atoms with Crippen LogP contribution in [-0.2, 0) is 36.9 Å². The molecule has 0 aliphatic carbocycles. The van der Waals surface area contributed by atoms with Crippen molar-refractivity contribution < 1.29 is 140 Å². The number of phosphoric acid groups is 2. The second-order valence-electron chi connectivity index (χ2n) is 14.8. The van der Waals surface area contributed by atoms with Crippen molar-refractivity contribution in [3.63, 3.8) is 0 Å². The fourth-order valence-corrected chi connectivity index (χ4v) is 7.01. The largest absolute Gasteiger partial charge is 1.00 e. The summed E-state index contributed by atoms with van der Waals surface area (Å²) in [4.78, 5) is 32.0. The molecule has 0 aromatic rings. The Morgan fingerprint density at radius 2 is 0.500 bits per heavy atom. The van der Waals surface area contributed by atoms with Gasteiger partial charge in [-0.1, -0.05) is 194 Å². The molecule has 0 unspecified atom stereocenters. The van der Waals surface area contributed by atoms with Crippen LogP contribution in [0.3, 0.4) is 0 Å². The van der Waals surface area contributed by atoms with Crippen molar-refractivity contribution in [2.45, 2.75) is 213 Å². The Bertz CT molecular complexity index is 797. The minimum Gasteiger partial charge on any atom is -0.790 e. The molecular weight excluding hydrogens is 811 g/mol. The van der Waals surface area contributed by atoms with Crippen LogP contribution in [0.15, 0.2) is 0 Å². The molecule has 0 aromatic heterocycles. The van der Waals surface area contributed by atoms with Crippen molar-refractivity contribution in [2.24, 2.45) is 0 Å². The van der Waals surface area contributed by atoms with E-state index in [0.29, 0.717) is 19.8 Å². The van der Waals surface area contributed by atoms with E-state index in [1.54, 1.807) is 0 Å². The molecule has 0 aromatic carbocycles. The molecule has 0 rings (SSSR count). The van der Waals surface area contributed by atoms with E-state index in [1.807, 2.05) is 0 Å². The average Bonchev–Trinajstić information content (AvgIpc) is 3.15. The fraction of sp³-hybridized carbons (Fsp3) is 1.00. The average molecular weight is 899 g/mol. The molecule has 0 saturated heterocycles. The van der Waals surface area contributed by atoms with E-state index in [0.717, 1.165) is 38.5 Å². The zero-order chi connectivity index (χ0) is 40.8. The Labute approximate surface area is 424 Å². The number of hydrogen-bond donors (Lipinski definition) is 0. The minimum atomic E-state index is -4.83. The zero-order valence-corrected chi connectivity index (χ0v) is 46.8. The number of unbranched alkanes of at least 4 members (excludes halogenated alkanes) is 27. The van der Waals surface area contributed by atoms with Gasteiger partial charge in [0.15, 0.2) is 0 Å². The maximum Gasteiger partial charge on any atom is 1.00 e. The van der Waals surface area contributed by atoms with Crippen LogP contribution >= 0.6 is 15.6 Å². The molecule has 58 heavy (non-hydrogen) atoms. The third-order valence-corrected chi connectivity index (χ3v) is 10.9. The monoisotopic (exact) mass is 899 g/mol. The summed E-state index contributed by atoms with van der Waals surface area (Å²) in [6.45, 7) is 9.13. The van der Waals surface area contributed by atoms with Crippen LogP contribution in [0.4, 0.5) is 0 Å². The van der Waals surface area contributed by atoms with Gasteiger partial charge >= 0.3 is 88.7 Å². The molecule has 0 bridgehead atoms. The molecular formula is C42H87Na3O11P2. The molecule has 0 fully saturated rings. The van der Waals surface area contributed by atoms with E-state index in [1.165, 1.54) is 154 Å². The van der Waals surface area contributed by atoms with Gasteiger partial charge in [0, 0.05) is 19.8 Å². The molecule has 0 spiro atoms. The third-order valence-electron chi connectivity index (χ3n) is 9.36. The van der Waals surface area contributed by atoms with E-state index in [9.17, 15) is 23.8 Å². The molecule has 0 radical (unpaired) electrons. The zero-order valence-electron chi connectivity index (χ0n) is 39.0. The summed E-state index contributed by atoms with van der Waals surface area (Å²) in [5.74, 6) is 0. The van der Waals surface area contributed by atoms with Crippen LogP contribution in [-0.4, -0.2) is 59.5 Å². The Morgan fingerprint density at radius 1 is 0.293 bits per heavy atom. The molecule has 0 heterocycles. The van der Waals surface area contributed by atoms with Crippen molar-refractivity contribution in [1.82, 2.24) is 0 Å². The summed E-state index contributed by atoms with van der Waals surface area (Å²) in [5, 5.41) is 0. The Balaban J connectivity index is -0.000000349. The maximum atomic E-state index is 11.7. The van der Waals surface area contributed by atoms with Crippen LogP contribution in [0, 0.1) is 0 Å². The first-order valence-corrected chi connectivity index (χ1v) is 25.6. The van der Waals surface area contributed by atoms with Crippen LogP contribution in [0.2, 0.25) is 0 Å². The third kappa shape index (κ3) is 68.2. The predicted molar refractivity (Wildman–Crippen MR) is 221 cm³/mol. The van der Waals surface area contributed by atoms with Crippen molar-refractivity contribution in [3.8, 4) is 0 Å². The Hall–Kier alpha value is 3.10. The van der Waals surface area contributed by atoms with E-state index in [-0.39, 0.29) is 128 Å². The van der Waals surface area contributed by atoms with E-state index >= 15 is 0 Å². The first kappa shape index (κ1) is 70.1. The topological polar surface area (TPSA) is 159 Å². The van der Waals surface area contributed by atoms with Crippen molar-refractivity contribution >= 4 is 15.6 Å². The van der Waals surface area contributed by atoms with Gasteiger partial charge in [0.1, 0.15) is 0 Å². The summed E-state index contributed by atoms with van der Waals surface area (Å²) in [7, 11) is -9.10. The van der Waals surface area contributed by atoms with Crippen LogP contribution in [0.5, 0.6) is 0 Å². The van der Waals surface area contributed by atoms with E-state index in [4.69, 9.17) is 23.3 Å². The molecule has 0 N–H and O–H groups in total. The standard InChI is InChI=1S/C28H59O6P.C14H31O5P.3Na/c1-3-5-7-9-11-13-15-17-19-21-23-31-25-27-33-35(29,30)34-28-26-32-24-22-20-18-16-14-12-10-8-6-4-2;1-2-3-4-5-6-7-8-9-10-11-12-18-13-14-19-20(15,16)17;;;/h3-28H2,1-2H3,(H,29,30);2-14H2,1H3,(H2,15,16,17);;;/q;;3*+1/p-3. The normalized spacial score (nSPS) is 11.3. The molecule has 0 aliphatic heterocycles. The van der Waals surface area contributed by atoms with Gasteiger partial charge in [-0.2, -0.15) is 0 Å². The van der Waals surface area contributed by atoms with Gasteiger partial charge in [-0.15, -0.1) is 0 Å². The first-order chi connectivity index (χ1) is 26.7. The summed E-state index contributed by atoms with van der Waals surface area (Å²) in [5.41, 5.74) is 0. The van der Waals surface area contributed by atoms with Crippen LogP contribution < -0.4 is 103 Å². The van der Waals surface area contributed by atoms with Gasteiger partial charge in [0.05, 0.1) is 47.5 Å².